The molecule has 30 heavy (non-hydrogen) atoms. The first kappa shape index (κ1) is 18.4. The summed E-state index contributed by atoms with van der Waals surface area (Å²) in [7, 11) is 0. The van der Waals surface area contributed by atoms with Gasteiger partial charge in [0.05, 0.1) is 17.6 Å². The van der Waals surface area contributed by atoms with Crippen LogP contribution in [-0.2, 0) is 0 Å². The summed E-state index contributed by atoms with van der Waals surface area (Å²) in [4.78, 5) is 24.6. The third-order valence-electron chi connectivity index (χ3n) is 5.47. The Labute approximate surface area is 174 Å². The first-order chi connectivity index (χ1) is 14.7. The molecule has 1 saturated heterocycles. The Bertz CT molecular complexity index is 1230. The average molecular weight is 401 g/mol. The van der Waals surface area contributed by atoms with E-state index in [9.17, 15) is 4.79 Å². The van der Waals surface area contributed by atoms with Crippen LogP contribution in [0.4, 0.5) is 5.69 Å². The van der Waals surface area contributed by atoms with Gasteiger partial charge >= 0.3 is 5.56 Å². The number of pyridine rings is 1. The topological polar surface area (TPSA) is 75.5 Å². The summed E-state index contributed by atoms with van der Waals surface area (Å²) in [6.45, 7) is 3.72. The molecular weight excluding hydrogens is 378 g/mol. The predicted molar refractivity (Wildman–Crippen MR) is 116 cm³/mol. The number of aromatic nitrogens is 4. The van der Waals surface area contributed by atoms with Crippen molar-refractivity contribution >= 4 is 11.3 Å². The van der Waals surface area contributed by atoms with Gasteiger partial charge in [0.25, 0.3) is 0 Å². The van der Waals surface area contributed by atoms with Crippen molar-refractivity contribution in [3.8, 4) is 22.8 Å². The number of aromatic amines is 1. The van der Waals surface area contributed by atoms with Crippen LogP contribution in [0.2, 0.25) is 0 Å². The number of aryl methyl sites for hydroxylation is 1. The molecule has 1 aliphatic heterocycles. The van der Waals surface area contributed by atoms with Gasteiger partial charge in [0.15, 0.2) is 5.65 Å². The van der Waals surface area contributed by atoms with Crippen LogP contribution in [0.25, 0.3) is 16.9 Å². The summed E-state index contributed by atoms with van der Waals surface area (Å²) in [5.74, 6) is 0.706. The Morgan fingerprint density at radius 2 is 1.83 bits per heavy atom. The zero-order valence-corrected chi connectivity index (χ0v) is 16.8. The van der Waals surface area contributed by atoms with Gasteiger partial charge in [-0.2, -0.15) is 4.52 Å². The third kappa shape index (κ3) is 3.22. The molecule has 5 rings (SSSR count). The highest BCUT2D eigenvalue weighted by atomic mass is 16.5. The molecule has 4 aromatic rings. The standard InChI is InChI=1S/C23H23N5O2/c1-16-21(30-18-11-8-12-24-15-18)23(29)28-22(25-16)20(27-13-6-3-7-14-27)19(26-28)17-9-4-2-5-10-17/h2,4-5,8-12,15,26H,3,6-7,13-14H2,1H3. The lowest BCUT2D eigenvalue weighted by Gasteiger charge is -2.28. The van der Waals surface area contributed by atoms with E-state index in [0.717, 1.165) is 42.9 Å². The molecule has 0 unspecified atom stereocenters. The molecule has 4 heterocycles. The number of ether oxygens (including phenoxy) is 1. The molecule has 7 nitrogen and oxygen atoms in total. The number of rotatable bonds is 4. The third-order valence-corrected chi connectivity index (χ3v) is 5.47. The van der Waals surface area contributed by atoms with Gasteiger partial charge in [0.2, 0.25) is 5.75 Å². The highest BCUT2D eigenvalue weighted by molar-refractivity contribution is 5.86. The second-order valence-electron chi connectivity index (χ2n) is 7.53. The van der Waals surface area contributed by atoms with Crippen molar-refractivity contribution in [2.24, 2.45) is 0 Å². The van der Waals surface area contributed by atoms with Crippen molar-refractivity contribution in [3.63, 3.8) is 0 Å². The molecule has 1 N–H and O–H groups in total. The molecule has 1 aromatic carbocycles. The lowest BCUT2D eigenvalue weighted by molar-refractivity contribution is 0.462. The maximum atomic E-state index is 13.4. The number of anilines is 1. The van der Waals surface area contributed by atoms with E-state index in [2.05, 4.69) is 15.0 Å². The number of piperidine rings is 1. The maximum Gasteiger partial charge on any atom is 0.316 e. The number of fused-ring (bicyclic) bond motifs is 1. The Kier molecular flexibility index (Phi) is 4.71. The molecule has 0 bridgehead atoms. The van der Waals surface area contributed by atoms with E-state index >= 15 is 0 Å². The van der Waals surface area contributed by atoms with E-state index < -0.39 is 0 Å². The van der Waals surface area contributed by atoms with Crippen molar-refractivity contribution in [2.45, 2.75) is 26.2 Å². The number of hydrogen-bond donors (Lipinski definition) is 1. The minimum atomic E-state index is -0.262. The minimum Gasteiger partial charge on any atom is -0.448 e. The molecule has 0 amide bonds. The van der Waals surface area contributed by atoms with Crippen LogP contribution < -0.4 is 15.2 Å². The summed E-state index contributed by atoms with van der Waals surface area (Å²) in [5.41, 5.74) is 3.84. The van der Waals surface area contributed by atoms with Gasteiger partial charge in [-0.25, -0.2) is 4.98 Å². The summed E-state index contributed by atoms with van der Waals surface area (Å²) in [5, 5.41) is 3.30. The van der Waals surface area contributed by atoms with E-state index in [0.29, 0.717) is 17.1 Å². The highest BCUT2D eigenvalue weighted by Crippen LogP contribution is 2.35. The van der Waals surface area contributed by atoms with Crippen molar-refractivity contribution in [1.82, 2.24) is 19.6 Å². The summed E-state index contributed by atoms with van der Waals surface area (Å²) in [6.07, 6.45) is 6.75. The highest BCUT2D eigenvalue weighted by Gasteiger charge is 2.25. The van der Waals surface area contributed by atoms with Crippen LogP contribution in [0.3, 0.4) is 0 Å². The van der Waals surface area contributed by atoms with Gasteiger partial charge in [0.1, 0.15) is 11.4 Å². The van der Waals surface area contributed by atoms with Gasteiger partial charge < -0.3 is 9.64 Å². The van der Waals surface area contributed by atoms with Crippen LogP contribution in [0.5, 0.6) is 11.5 Å². The quantitative estimate of drug-likeness (QED) is 0.555. The largest absolute Gasteiger partial charge is 0.448 e. The van der Waals surface area contributed by atoms with Crippen molar-refractivity contribution in [1.29, 1.82) is 0 Å². The van der Waals surface area contributed by atoms with Crippen molar-refractivity contribution < 1.29 is 4.74 Å². The van der Waals surface area contributed by atoms with Crippen LogP contribution in [0, 0.1) is 6.92 Å². The van der Waals surface area contributed by atoms with Gasteiger partial charge in [-0.15, -0.1) is 0 Å². The lowest BCUT2D eigenvalue weighted by atomic mass is 10.1. The fraction of sp³-hybridized carbons (Fsp3) is 0.261. The lowest BCUT2D eigenvalue weighted by Crippen LogP contribution is -2.30. The molecular formula is C23H23N5O2. The van der Waals surface area contributed by atoms with Gasteiger partial charge in [0, 0.05) is 24.8 Å². The minimum absolute atomic E-state index is 0.201. The molecule has 0 saturated carbocycles. The summed E-state index contributed by atoms with van der Waals surface area (Å²) < 4.78 is 7.36. The number of nitrogens with zero attached hydrogens (tertiary/aromatic N) is 4. The number of hydrogen-bond acceptors (Lipinski definition) is 5. The molecule has 1 aliphatic rings. The summed E-state index contributed by atoms with van der Waals surface area (Å²) >= 11 is 0. The maximum absolute atomic E-state index is 13.4. The SMILES string of the molecule is Cc1nc2c(N3CCCCC3)c(-c3ccccc3)[nH]n2c(=O)c1Oc1cccnc1. The molecule has 0 spiro atoms. The molecule has 1 fully saturated rings. The Morgan fingerprint density at radius 3 is 2.57 bits per heavy atom. The first-order valence-corrected chi connectivity index (χ1v) is 10.3. The monoisotopic (exact) mass is 401 g/mol. The number of H-pyrrole nitrogens is 1. The van der Waals surface area contributed by atoms with Gasteiger partial charge in [-0.1, -0.05) is 30.3 Å². The summed E-state index contributed by atoms with van der Waals surface area (Å²) in [6, 6.07) is 13.6. The molecule has 3 aromatic heterocycles. The fourth-order valence-electron chi connectivity index (χ4n) is 4.02. The van der Waals surface area contributed by atoms with Crippen LogP contribution in [0.15, 0.2) is 59.7 Å². The van der Waals surface area contributed by atoms with Crippen molar-refractivity contribution in [2.75, 3.05) is 18.0 Å². The van der Waals surface area contributed by atoms with Crippen molar-refractivity contribution in [3.05, 3.63) is 70.9 Å². The Balaban J connectivity index is 1.71. The fourth-order valence-corrected chi connectivity index (χ4v) is 4.02. The van der Waals surface area contributed by atoms with Crippen LogP contribution in [0.1, 0.15) is 25.0 Å². The smallest absolute Gasteiger partial charge is 0.316 e. The van der Waals surface area contributed by atoms with E-state index in [1.165, 1.54) is 10.9 Å². The molecule has 0 atom stereocenters. The van der Waals surface area contributed by atoms with E-state index in [1.807, 2.05) is 37.3 Å². The zero-order chi connectivity index (χ0) is 20.5. The second-order valence-corrected chi connectivity index (χ2v) is 7.53. The van der Waals surface area contributed by atoms with E-state index in [-0.39, 0.29) is 11.3 Å². The predicted octanol–water partition coefficient (Wildman–Crippen LogP) is 4.18. The van der Waals surface area contributed by atoms with Gasteiger partial charge in [-0.05, 0) is 38.3 Å². The molecule has 152 valence electrons. The number of nitrogens with one attached hydrogen (secondary N) is 1. The van der Waals surface area contributed by atoms with Crippen LogP contribution in [-0.4, -0.2) is 32.7 Å². The average Bonchev–Trinajstić information content (AvgIpc) is 3.18. The molecule has 0 radical (unpaired) electrons. The van der Waals surface area contributed by atoms with Gasteiger partial charge in [-0.3, -0.25) is 14.9 Å². The normalized spacial score (nSPS) is 14.2. The second kappa shape index (κ2) is 7.67. The first-order valence-electron chi connectivity index (χ1n) is 10.3. The Morgan fingerprint density at radius 1 is 1.03 bits per heavy atom. The molecule has 0 aliphatic carbocycles. The zero-order valence-electron chi connectivity index (χ0n) is 16.8. The van der Waals surface area contributed by atoms with E-state index in [4.69, 9.17) is 9.72 Å². The van der Waals surface area contributed by atoms with Crippen LogP contribution >= 0.6 is 0 Å². The Hall–Kier alpha value is -3.61. The van der Waals surface area contributed by atoms with E-state index in [1.54, 1.807) is 24.5 Å². The number of benzene rings is 1. The molecule has 7 heteroatoms.